The summed E-state index contributed by atoms with van der Waals surface area (Å²) >= 11 is 5.78. The fourth-order valence-electron chi connectivity index (χ4n) is 1.49. The van der Waals surface area contributed by atoms with Crippen LogP contribution in [0.3, 0.4) is 0 Å². The molecule has 3 N–H and O–H groups in total. The molecule has 2 aromatic carbocycles. The molecule has 0 atom stereocenters. The van der Waals surface area contributed by atoms with Crippen molar-refractivity contribution in [2.45, 2.75) is 6.54 Å². The van der Waals surface area contributed by atoms with Gasteiger partial charge in [0.05, 0.1) is 11.4 Å². The van der Waals surface area contributed by atoms with Gasteiger partial charge in [0, 0.05) is 11.6 Å². The van der Waals surface area contributed by atoms with Crippen molar-refractivity contribution in [3.63, 3.8) is 0 Å². The summed E-state index contributed by atoms with van der Waals surface area (Å²) in [5.41, 5.74) is 7.40. The van der Waals surface area contributed by atoms with Crippen LogP contribution in [0.4, 0.5) is 15.8 Å². The van der Waals surface area contributed by atoms with E-state index in [1.165, 1.54) is 6.07 Å². The third kappa shape index (κ3) is 2.88. The van der Waals surface area contributed by atoms with E-state index in [4.69, 9.17) is 17.3 Å². The zero-order chi connectivity index (χ0) is 12.3. The van der Waals surface area contributed by atoms with E-state index in [1.807, 2.05) is 24.3 Å². The molecule has 0 aliphatic rings. The number of nitrogens with two attached hydrogens (primary N) is 1. The highest BCUT2D eigenvalue weighted by molar-refractivity contribution is 6.30. The molecule has 17 heavy (non-hydrogen) atoms. The molecule has 0 aromatic heterocycles. The first-order chi connectivity index (χ1) is 8.16. The van der Waals surface area contributed by atoms with Crippen molar-refractivity contribution in [3.8, 4) is 0 Å². The standard InChI is InChI=1S/C13H12ClFN2/c14-10-6-4-9(5-7-10)8-17-12-3-1-2-11(15)13(12)16/h1-7,17H,8,16H2. The first kappa shape index (κ1) is 11.7. The second kappa shape index (κ2) is 5.06. The van der Waals surface area contributed by atoms with Gasteiger partial charge >= 0.3 is 0 Å². The van der Waals surface area contributed by atoms with E-state index < -0.39 is 5.82 Å². The Kier molecular flexibility index (Phi) is 3.49. The van der Waals surface area contributed by atoms with Crippen LogP contribution in [-0.2, 0) is 6.54 Å². The number of nitrogens with one attached hydrogen (secondary N) is 1. The van der Waals surface area contributed by atoms with Gasteiger partial charge in [-0.2, -0.15) is 0 Å². The van der Waals surface area contributed by atoms with Crippen molar-refractivity contribution in [1.82, 2.24) is 0 Å². The zero-order valence-electron chi connectivity index (χ0n) is 9.08. The summed E-state index contributed by atoms with van der Waals surface area (Å²) < 4.78 is 13.2. The Bertz CT molecular complexity index is 511. The number of rotatable bonds is 3. The predicted molar refractivity (Wildman–Crippen MR) is 69.6 cm³/mol. The van der Waals surface area contributed by atoms with Crippen molar-refractivity contribution in [3.05, 3.63) is 58.9 Å². The van der Waals surface area contributed by atoms with Crippen LogP contribution in [0.5, 0.6) is 0 Å². The van der Waals surface area contributed by atoms with Crippen molar-refractivity contribution in [2.24, 2.45) is 0 Å². The van der Waals surface area contributed by atoms with Crippen LogP contribution in [0.2, 0.25) is 5.02 Å². The Morgan fingerprint density at radius 3 is 2.53 bits per heavy atom. The van der Waals surface area contributed by atoms with E-state index in [1.54, 1.807) is 12.1 Å². The summed E-state index contributed by atoms with van der Waals surface area (Å²) in [5.74, 6) is -0.411. The van der Waals surface area contributed by atoms with Crippen LogP contribution in [0.1, 0.15) is 5.56 Å². The largest absolute Gasteiger partial charge is 0.395 e. The number of anilines is 2. The number of para-hydroxylation sites is 1. The predicted octanol–water partition coefficient (Wildman–Crippen LogP) is 3.67. The molecule has 0 saturated heterocycles. The molecule has 0 bridgehead atoms. The van der Waals surface area contributed by atoms with E-state index in [9.17, 15) is 4.39 Å². The number of halogens is 2. The number of nitrogen functional groups attached to an aromatic ring is 1. The molecule has 0 unspecified atom stereocenters. The molecule has 0 aliphatic carbocycles. The highest BCUT2D eigenvalue weighted by Crippen LogP contribution is 2.21. The average molecular weight is 251 g/mol. The van der Waals surface area contributed by atoms with Crippen molar-refractivity contribution in [2.75, 3.05) is 11.1 Å². The molecule has 0 fully saturated rings. The highest BCUT2D eigenvalue weighted by Gasteiger charge is 2.03. The quantitative estimate of drug-likeness (QED) is 0.816. The molecule has 2 rings (SSSR count). The molecule has 0 saturated carbocycles. The van der Waals surface area contributed by atoms with Crippen molar-refractivity contribution >= 4 is 23.0 Å². The zero-order valence-corrected chi connectivity index (χ0v) is 9.84. The van der Waals surface area contributed by atoms with Gasteiger partial charge in [0.15, 0.2) is 0 Å². The Labute approximate surface area is 104 Å². The smallest absolute Gasteiger partial charge is 0.148 e. The van der Waals surface area contributed by atoms with Crippen molar-refractivity contribution in [1.29, 1.82) is 0 Å². The molecule has 2 nitrogen and oxygen atoms in total. The summed E-state index contributed by atoms with van der Waals surface area (Å²) in [7, 11) is 0. The molecule has 2 aromatic rings. The third-order valence-corrected chi connectivity index (χ3v) is 2.70. The van der Waals surface area contributed by atoms with E-state index in [2.05, 4.69) is 5.32 Å². The van der Waals surface area contributed by atoms with Crippen molar-refractivity contribution < 1.29 is 4.39 Å². The summed E-state index contributed by atoms with van der Waals surface area (Å²) in [5, 5.41) is 3.77. The van der Waals surface area contributed by atoms with Crippen LogP contribution in [0.15, 0.2) is 42.5 Å². The minimum atomic E-state index is -0.411. The van der Waals surface area contributed by atoms with Crippen LogP contribution in [0, 0.1) is 5.82 Å². The van der Waals surface area contributed by atoms with Gasteiger partial charge in [0.2, 0.25) is 0 Å². The van der Waals surface area contributed by atoms with Gasteiger partial charge in [0.25, 0.3) is 0 Å². The Morgan fingerprint density at radius 2 is 1.82 bits per heavy atom. The molecule has 4 heteroatoms. The average Bonchev–Trinajstić information content (AvgIpc) is 2.33. The maximum absolute atomic E-state index is 13.2. The van der Waals surface area contributed by atoms with Crippen LogP contribution in [0.25, 0.3) is 0 Å². The number of benzene rings is 2. The fourth-order valence-corrected chi connectivity index (χ4v) is 1.62. The molecular formula is C13H12ClFN2. The summed E-state index contributed by atoms with van der Waals surface area (Å²) in [4.78, 5) is 0. The normalized spacial score (nSPS) is 10.2. The molecule has 88 valence electrons. The third-order valence-electron chi connectivity index (χ3n) is 2.45. The van der Waals surface area contributed by atoms with E-state index in [-0.39, 0.29) is 5.69 Å². The van der Waals surface area contributed by atoms with Gasteiger partial charge in [0.1, 0.15) is 5.82 Å². The molecule has 0 spiro atoms. The topological polar surface area (TPSA) is 38.0 Å². The molecule has 0 amide bonds. The SMILES string of the molecule is Nc1c(F)cccc1NCc1ccc(Cl)cc1. The first-order valence-electron chi connectivity index (χ1n) is 5.19. The number of hydrogen-bond donors (Lipinski definition) is 2. The molecular weight excluding hydrogens is 239 g/mol. The maximum atomic E-state index is 13.2. The molecule has 0 aliphatic heterocycles. The van der Waals surface area contributed by atoms with Gasteiger partial charge < -0.3 is 11.1 Å². The number of hydrogen-bond acceptors (Lipinski definition) is 2. The summed E-state index contributed by atoms with van der Waals surface area (Å²) in [6.45, 7) is 0.574. The first-order valence-corrected chi connectivity index (χ1v) is 5.57. The van der Waals surface area contributed by atoms with Crippen LogP contribution in [-0.4, -0.2) is 0 Å². The lowest BCUT2D eigenvalue weighted by Gasteiger charge is -2.09. The molecule has 0 radical (unpaired) electrons. The summed E-state index contributed by atoms with van der Waals surface area (Å²) in [6, 6.07) is 12.1. The summed E-state index contributed by atoms with van der Waals surface area (Å²) in [6.07, 6.45) is 0. The lowest BCUT2D eigenvalue weighted by molar-refractivity contribution is 0.633. The molecule has 0 heterocycles. The van der Waals surface area contributed by atoms with E-state index in [0.717, 1.165) is 5.56 Å². The minimum Gasteiger partial charge on any atom is -0.395 e. The van der Waals surface area contributed by atoms with Crippen LogP contribution < -0.4 is 11.1 Å². The van der Waals surface area contributed by atoms with Gasteiger partial charge in [-0.25, -0.2) is 4.39 Å². The Morgan fingerprint density at radius 1 is 1.12 bits per heavy atom. The van der Waals surface area contributed by atoms with E-state index >= 15 is 0 Å². The lowest BCUT2D eigenvalue weighted by atomic mass is 10.2. The highest BCUT2D eigenvalue weighted by atomic mass is 35.5. The Hall–Kier alpha value is -1.74. The van der Waals surface area contributed by atoms with Crippen LogP contribution >= 0.6 is 11.6 Å². The van der Waals surface area contributed by atoms with Gasteiger partial charge in [-0.1, -0.05) is 29.8 Å². The van der Waals surface area contributed by atoms with Gasteiger partial charge in [-0.05, 0) is 29.8 Å². The fraction of sp³-hybridized carbons (Fsp3) is 0.0769. The maximum Gasteiger partial charge on any atom is 0.148 e. The van der Waals surface area contributed by atoms with Gasteiger partial charge in [-0.15, -0.1) is 0 Å². The Balaban J connectivity index is 2.07. The second-order valence-electron chi connectivity index (χ2n) is 3.68. The van der Waals surface area contributed by atoms with Gasteiger partial charge in [-0.3, -0.25) is 0 Å². The van der Waals surface area contributed by atoms with E-state index in [0.29, 0.717) is 17.3 Å². The lowest BCUT2D eigenvalue weighted by Crippen LogP contribution is -2.03. The minimum absolute atomic E-state index is 0.140. The second-order valence-corrected chi connectivity index (χ2v) is 4.12. The monoisotopic (exact) mass is 250 g/mol.